The molecular weight excluding hydrogens is 268 g/mol. The van der Waals surface area contributed by atoms with E-state index in [9.17, 15) is 14.9 Å². The summed E-state index contributed by atoms with van der Waals surface area (Å²) in [6, 6.07) is 14.3. The van der Waals surface area contributed by atoms with Crippen molar-refractivity contribution in [1.29, 1.82) is 0 Å². The maximum Gasteiger partial charge on any atom is 0.285 e. The van der Waals surface area contributed by atoms with E-state index in [-0.39, 0.29) is 17.2 Å². The predicted molar refractivity (Wildman–Crippen MR) is 80.1 cm³/mol. The molecule has 0 heterocycles. The van der Waals surface area contributed by atoms with Gasteiger partial charge in [0.1, 0.15) is 5.56 Å². The number of rotatable bonds is 4. The van der Waals surface area contributed by atoms with Gasteiger partial charge in [0.05, 0.1) is 4.92 Å². The summed E-state index contributed by atoms with van der Waals surface area (Å²) in [4.78, 5) is 24.6. The summed E-state index contributed by atoms with van der Waals surface area (Å²) in [5.41, 5.74) is 1.46. The van der Waals surface area contributed by atoms with E-state index in [1.54, 1.807) is 26.1 Å². The molecule has 0 atom stereocenters. The van der Waals surface area contributed by atoms with Gasteiger partial charge in [-0.3, -0.25) is 14.9 Å². The molecule has 0 aliphatic carbocycles. The first kappa shape index (κ1) is 14.7. The van der Waals surface area contributed by atoms with Crippen LogP contribution in [0.2, 0.25) is 0 Å². The highest BCUT2D eigenvalue weighted by molar-refractivity contribution is 5.98. The SMILES string of the molecule is Cc1cccc(C(=O)N(C)Cc2ccccc2)c1[N+](=O)[O-]. The van der Waals surface area contributed by atoms with Crippen LogP contribution in [-0.2, 0) is 6.54 Å². The van der Waals surface area contributed by atoms with Crippen LogP contribution in [0.25, 0.3) is 0 Å². The van der Waals surface area contributed by atoms with Gasteiger partial charge in [-0.2, -0.15) is 0 Å². The lowest BCUT2D eigenvalue weighted by Gasteiger charge is -2.17. The van der Waals surface area contributed by atoms with Gasteiger partial charge in [-0.25, -0.2) is 0 Å². The number of benzene rings is 2. The molecule has 2 rings (SSSR count). The molecule has 21 heavy (non-hydrogen) atoms. The Morgan fingerprint density at radius 2 is 1.81 bits per heavy atom. The highest BCUT2D eigenvalue weighted by Gasteiger charge is 2.24. The second-order valence-corrected chi connectivity index (χ2v) is 4.88. The number of carbonyl (C=O) groups is 1. The van der Waals surface area contributed by atoms with Crippen LogP contribution in [0.1, 0.15) is 21.5 Å². The molecule has 2 aromatic carbocycles. The zero-order valence-electron chi connectivity index (χ0n) is 11.9. The Morgan fingerprint density at radius 1 is 1.14 bits per heavy atom. The van der Waals surface area contributed by atoms with Crippen LogP contribution in [0.4, 0.5) is 5.69 Å². The van der Waals surface area contributed by atoms with Crippen molar-refractivity contribution in [2.75, 3.05) is 7.05 Å². The number of aryl methyl sites for hydroxylation is 1. The van der Waals surface area contributed by atoms with E-state index in [0.717, 1.165) is 5.56 Å². The fourth-order valence-electron chi connectivity index (χ4n) is 2.21. The number of carbonyl (C=O) groups excluding carboxylic acids is 1. The molecule has 0 radical (unpaired) electrons. The molecule has 0 aliphatic rings. The quantitative estimate of drug-likeness (QED) is 0.640. The normalized spacial score (nSPS) is 10.2. The van der Waals surface area contributed by atoms with E-state index >= 15 is 0 Å². The van der Waals surface area contributed by atoms with Crippen LogP contribution in [-0.4, -0.2) is 22.8 Å². The lowest BCUT2D eigenvalue weighted by atomic mass is 10.1. The number of nitro benzene ring substituents is 1. The minimum absolute atomic E-state index is 0.123. The van der Waals surface area contributed by atoms with E-state index in [1.165, 1.54) is 11.0 Å². The summed E-state index contributed by atoms with van der Waals surface area (Å²) < 4.78 is 0. The van der Waals surface area contributed by atoms with Crippen LogP contribution in [0.15, 0.2) is 48.5 Å². The molecule has 1 amide bonds. The minimum atomic E-state index is -0.501. The maximum absolute atomic E-state index is 12.4. The van der Waals surface area contributed by atoms with Crippen LogP contribution >= 0.6 is 0 Å². The Bertz CT molecular complexity index is 668. The molecule has 0 aliphatic heterocycles. The summed E-state index contributed by atoms with van der Waals surface area (Å²) in [7, 11) is 1.64. The van der Waals surface area contributed by atoms with Crippen molar-refractivity contribution in [3.05, 3.63) is 75.3 Å². The zero-order chi connectivity index (χ0) is 15.4. The molecular formula is C16H16N2O3. The average Bonchev–Trinajstić information content (AvgIpc) is 2.46. The monoisotopic (exact) mass is 284 g/mol. The Balaban J connectivity index is 2.28. The number of nitrogens with zero attached hydrogens (tertiary/aromatic N) is 2. The summed E-state index contributed by atoms with van der Waals surface area (Å²) in [5, 5.41) is 11.2. The molecule has 0 aromatic heterocycles. The van der Waals surface area contributed by atoms with Crippen molar-refractivity contribution in [2.24, 2.45) is 0 Å². The highest BCUT2D eigenvalue weighted by Crippen LogP contribution is 2.24. The van der Waals surface area contributed by atoms with E-state index in [0.29, 0.717) is 12.1 Å². The fraction of sp³-hybridized carbons (Fsp3) is 0.188. The zero-order valence-corrected chi connectivity index (χ0v) is 11.9. The first-order valence-electron chi connectivity index (χ1n) is 6.54. The summed E-state index contributed by atoms with van der Waals surface area (Å²) in [6.45, 7) is 2.04. The third kappa shape index (κ3) is 3.25. The molecule has 5 nitrogen and oxygen atoms in total. The van der Waals surface area contributed by atoms with Crippen molar-refractivity contribution in [2.45, 2.75) is 13.5 Å². The largest absolute Gasteiger partial charge is 0.337 e. The summed E-state index contributed by atoms with van der Waals surface area (Å²) in [5.74, 6) is -0.353. The lowest BCUT2D eigenvalue weighted by molar-refractivity contribution is -0.385. The number of amides is 1. The maximum atomic E-state index is 12.4. The van der Waals surface area contributed by atoms with Crippen LogP contribution in [0.5, 0.6) is 0 Å². The Labute approximate surface area is 123 Å². The van der Waals surface area contributed by atoms with E-state index in [1.807, 2.05) is 30.3 Å². The number of para-hydroxylation sites is 1. The van der Waals surface area contributed by atoms with Crippen molar-refractivity contribution < 1.29 is 9.72 Å². The number of hydrogen-bond donors (Lipinski definition) is 0. The van der Waals surface area contributed by atoms with Gasteiger partial charge in [0.25, 0.3) is 11.6 Å². The smallest absolute Gasteiger partial charge is 0.285 e. The summed E-state index contributed by atoms with van der Waals surface area (Å²) >= 11 is 0. The van der Waals surface area contributed by atoms with Gasteiger partial charge >= 0.3 is 0 Å². The topological polar surface area (TPSA) is 63.5 Å². The van der Waals surface area contributed by atoms with Gasteiger partial charge in [-0.1, -0.05) is 42.5 Å². The lowest BCUT2D eigenvalue weighted by Crippen LogP contribution is -2.27. The minimum Gasteiger partial charge on any atom is -0.337 e. The first-order chi connectivity index (χ1) is 10.0. The van der Waals surface area contributed by atoms with Gasteiger partial charge in [0.2, 0.25) is 0 Å². The fourth-order valence-corrected chi connectivity index (χ4v) is 2.21. The molecule has 0 spiro atoms. The van der Waals surface area contributed by atoms with Crippen LogP contribution < -0.4 is 0 Å². The second kappa shape index (κ2) is 6.17. The Hall–Kier alpha value is -2.69. The van der Waals surface area contributed by atoms with Crippen LogP contribution in [0, 0.1) is 17.0 Å². The third-order valence-electron chi connectivity index (χ3n) is 3.26. The number of hydrogen-bond acceptors (Lipinski definition) is 3. The van der Waals surface area contributed by atoms with Gasteiger partial charge in [-0.05, 0) is 18.6 Å². The van der Waals surface area contributed by atoms with Gasteiger partial charge < -0.3 is 4.90 Å². The molecule has 0 N–H and O–H groups in total. The van der Waals surface area contributed by atoms with Crippen molar-refractivity contribution in [3.8, 4) is 0 Å². The van der Waals surface area contributed by atoms with Crippen molar-refractivity contribution >= 4 is 11.6 Å². The van der Waals surface area contributed by atoms with Gasteiger partial charge in [0.15, 0.2) is 0 Å². The van der Waals surface area contributed by atoms with Crippen LogP contribution in [0.3, 0.4) is 0 Å². The molecule has 0 fully saturated rings. The van der Waals surface area contributed by atoms with Crippen molar-refractivity contribution in [3.63, 3.8) is 0 Å². The molecule has 0 saturated carbocycles. The molecule has 5 heteroatoms. The van der Waals surface area contributed by atoms with Gasteiger partial charge in [0, 0.05) is 19.2 Å². The van der Waals surface area contributed by atoms with E-state index in [2.05, 4.69) is 0 Å². The van der Waals surface area contributed by atoms with Gasteiger partial charge in [-0.15, -0.1) is 0 Å². The third-order valence-corrected chi connectivity index (χ3v) is 3.26. The predicted octanol–water partition coefficient (Wildman–Crippen LogP) is 3.18. The first-order valence-corrected chi connectivity index (χ1v) is 6.54. The molecule has 0 saturated heterocycles. The Morgan fingerprint density at radius 3 is 2.43 bits per heavy atom. The van der Waals surface area contributed by atoms with Crippen molar-refractivity contribution in [1.82, 2.24) is 4.90 Å². The molecule has 2 aromatic rings. The summed E-state index contributed by atoms with van der Waals surface area (Å²) in [6.07, 6.45) is 0. The Kier molecular flexibility index (Phi) is 4.33. The second-order valence-electron chi connectivity index (χ2n) is 4.88. The van der Waals surface area contributed by atoms with E-state index < -0.39 is 4.92 Å². The molecule has 108 valence electrons. The molecule has 0 bridgehead atoms. The molecule has 0 unspecified atom stereocenters. The average molecular weight is 284 g/mol. The van der Waals surface area contributed by atoms with E-state index in [4.69, 9.17) is 0 Å². The highest BCUT2D eigenvalue weighted by atomic mass is 16.6. The standard InChI is InChI=1S/C16H16N2O3/c1-12-7-6-10-14(15(12)18(20)21)16(19)17(2)11-13-8-4-3-5-9-13/h3-10H,11H2,1-2H3. The number of nitro groups is 1.